The number of nitrogens with one attached hydrogen (secondary N) is 1. The number of rotatable bonds is 3. The lowest BCUT2D eigenvalue weighted by Gasteiger charge is -2.03. The highest BCUT2D eigenvalue weighted by atomic mass is 19.1. The summed E-state index contributed by atoms with van der Waals surface area (Å²) in [4.78, 5) is 10.4. The summed E-state index contributed by atoms with van der Waals surface area (Å²) in [6.07, 6.45) is 0.547. The van der Waals surface area contributed by atoms with E-state index in [1.54, 1.807) is 0 Å². The normalized spacial score (nSPS) is 10.6. The van der Waals surface area contributed by atoms with Gasteiger partial charge in [-0.3, -0.25) is 15.2 Å². The number of nitro groups is 1. The molecule has 0 aliphatic rings. The topological polar surface area (TPSA) is 97.8 Å². The van der Waals surface area contributed by atoms with E-state index in [0.717, 1.165) is 18.2 Å². The summed E-state index contributed by atoms with van der Waals surface area (Å²) >= 11 is 0. The number of aromatic amines is 1. The van der Waals surface area contributed by atoms with Crippen LogP contribution in [0.4, 0.5) is 15.9 Å². The number of anilines is 1. The summed E-state index contributed by atoms with van der Waals surface area (Å²) < 4.78 is 13.3. The third-order valence-corrected chi connectivity index (χ3v) is 2.68. The van der Waals surface area contributed by atoms with Gasteiger partial charge in [0, 0.05) is 11.6 Å². The van der Waals surface area contributed by atoms with Gasteiger partial charge in [0.25, 0.3) is 5.69 Å². The lowest BCUT2D eigenvalue weighted by atomic mass is 10.0. The summed E-state index contributed by atoms with van der Waals surface area (Å²) in [5.41, 5.74) is 6.65. The third-order valence-electron chi connectivity index (χ3n) is 2.68. The van der Waals surface area contributed by atoms with E-state index in [2.05, 4.69) is 10.2 Å². The molecule has 0 spiro atoms. The first kappa shape index (κ1) is 12.0. The summed E-state index contributed by atoms with van der Waals surface area (Å²) in [5, 5.41) is 17.3. The van der Waals surface area contributed by atoms with Crippen molar-refractivity contribution in [3.05, 3.63) is 39.7 Å². The highest BCUT2D eigenvalue weighted by Gasteiger charge is 2.21. The molecule has 94 valence electrons. The molecule has 1 aromatic carbocycles. The van der Waals surface area contributed by atoms with Crippen LogP contribution in [0.2, 0.25) is 0 Å². The number of nitro benzene ring substituents is 1. The Morgan fingerprint density at radius 2 is 2.28 bits per heavy atom. The molecule has 2 rings (SSSR count). The lowest BCUT2D eigenvalue weighted by molar-refractivity contribution is -0.384. The van der Waals surface area contributed by atoms with Crippen LogP contribution in [0.3, 0.4) is 0 Å². The van der Waals surface area contributed by atoms with Crippen LogP contribution in [0.15, 0.2) is 18.2 Å². The van der Waals surface area contributed by atoms with Crippen LogP contribution in [0.25, 0.3) is 11.3 Å². The van der Waals surface area contributed by atoms with Crippen molar-refractivity contribution >= 4 is 11.5 Å². The second kappa shape index (κ2) is 4.44. The Labute approximate surface area is 102 Å². The van der Waals surface area contributed by atoms with Crippen molar-refractivity contribution in [2.45, 2.75) is 13.3 Å². The molecule has 0 saturated carbocycles. The molecule has 0 atom stereocenters. The van der Waals surface area contributed by atoms with Crippen molar-refractivity contribution < 1.29 is 9.31 Å². The van der Waals surface area contributed by atoms with Gasteiger partial charge < -0.3 is 5.73 Å². The van der Waals surface area contributed by atoms with E-state index in [0.29, 0.717) is 17.7 Å². The fourth-order valence-electron chi connectivity index (χ4n) is 1.83. The summed E-state index contributed by atoms with van der Waals surface area (Å²) in [6, 6.07) is 3.28. The Morgan fingerprint density at radius 1 is 1.56 bits per heavy atom. The Morgan fingerprint density at radius 3 is 2.89 bits per heavy atom. The van der Waals surface area contributed by atoms with E-state index in [1.807, 2.05) is 6.92 Å². The van der Waals surface area contributed by atoms with Crippen LogP contribution < -0.4 is 5.73 Å². The van der Waals surface area contributed by atoms with Gasteiger partial charge in [0.1, 0.15) is 11.6 Å². The number of hydrogen-bond donors (Lipinski definition) is 2. The molecule has 0 bridgehead atoms. The smallest absolute Gasteiger partial charge is 0.278 e. The first-order valence-corrected chi connectivity index (χ1v) is 5.31. The maximum absolute atomic E-state index is 13.3. The number of nitrogens with two attached hydrogens (primary N) is 1. The third kappa shape index (κ3) is 1.90. The molecule has 0 radical (unpaired) electrons. The maximum atomic E-state index is 13.3. The van der Waals surface area contributed by atoms with E-state index in [4.69, 9.17) is 5.73 Å². The van der Waals surface area contributed by atoms with Crippen LogP contribution in [-0.2, 0) is 6.42 Å². The Kier molecular flexibility index (Phi) is 2.97. The quantitative estimate of drug-likeness (QED) is 0.644. The van der Waals surface area contributed by atoms with E-state index in [-0.39, 0.29) is 17.1 Å². The Bertz CT molecular complexity index is 609. The standard InChI is InChI=1S/C11H11FN4O2/c1-2-7-10(14-15-11(7)13)8-5-6(12)3-4-9(8)16(17)18/h3-5H,2H2,1H3,(H3,13,14,15). The monoisotopic (exact) mass is 250 g/mol. The van der Waals surface area contributed by atoms with Crippen molar-refractivity contribution in [2.24, 2.45) is 0 Å². The van der Waals surface area contributed by atoms with Gasteiger partial charge >= 0.3 is 0 Å². The second-order valence-electron chi connectivity index (χ2n) is 3.73. The number of benzene rings is 1. The number of aromatic nitrogens is 2. The van der Waals surface area contributed by atoms with E-state index in [1.165, 1.54) is 0 Å². The van der Waals surface area contributed by atoms with E-state index < -0.39 is 10.7 Å². The van der Waals surface area contributed by atoms with Crippen molar-refractivity contribution in [3.8, 4) is 11.3 Å². The summed E-state index contributed by atoms with van der Waals surface area (Å²) in [6.45, 7) is 1.84. The molecule has 7 heteroatoms. The van der Waals surface area contributed by atoms with Gasteiger partial charge in [-0.15, -0.1) is 0 Å². The predicted molar refractivity (Wildman–Crippen MR) is 64.4 cm³/mol. The highest BCUT2D eigenvalue weighted by Crippen LogP contribution is 2.33. The van der Waals surface area contributed by atoms with Crippen molar-refractivity contribution in [2.75, 3.05) is 5.73 Å². The van der Waals surface area contributed by atoms with Gasteiger partial charge in [-0.2, -0.15) is 5.10 Å². The molecule has 0 aliphatic carbocycles. The molecule has 0 saturated heterocycles. The van der Waals surface area contributed by atoms with Crippen LogP contribution >= 0.6 is 0 Å². The molecule has 2 aromatic rings. The Hall–Kier alpha value is -2.44. The van der Waals surface area contributed by atoms with Gasteiger partial charge in [0.15, 0.2) is 0 Å². The van der Waals surface area contributed by atoms with Crippen LogP contribution in [0.1, 0.15) is 12.5 Å². The fourth-order valence-corrected chi connectivity index (χ4v) is 1.83. The summed E-state index contributed by atoms with van der Waals surface area (Å²) in [7, 11) is 0. The minimum atomic E-state index is -0.564. The van der Waals surface area contributed by atoms with Gasteiger partial charge in [-0.05, 0) is 18.6 Å². The number of hydrogen-bond acceptors (Lipinski definition) is 4. The van der Waals surface area contributed by atoms with E-state index >= 15 is 0 Å². The lowest BCUT2D eigenvalue weighted by Crippen LogP contribution is -1.96. The minimum absolute atomic E-state index is 0.154. The zero-order chi connectivity index (χ0) is 13.3. The molecule has 1 heterocycles. The number of halogens is 1. The first-order chi connectivity index (χ1) is 8.54. The molecule has 6 nitrogen and oxygen atoms in total. The van der Waals surface area contributed by atoms with E-state index in [9.17, 15) is 14.5 Å². The minimum Gasteiger partial charge on any atom is -0.382 e. The molecule has 18 heavy (non-hydrogen) atoms. The second-order valence-corrected chi connectivity index (χ2v) is 3.73. The molecular formula is C11H11FN4O2. The van der Waals surface area contributed by atoms with Crippen LogP contribution in [0, 0.1) is 15.9 Å². The first-order valence-electron chi connectivity index (χ1n) is 5.31. The molecule has 3 N–H and O–H groups in total. The maximum Gasteiger partial charge on any atom is 0.278 e. The van der Waals surface area contributed by atoms with Crippen LogP contribution in [-0.4, -0.2) is 15.1 Å². The van der Waals surface area contributed by atoms with Crippen molar-refractivity contribution in [1.82, 2.24) is 10.2 Å². The molecule has 1 aromatic heterocycles. The fraction of sp³-hybridized carbons (Fsp3) is 0.182. The summed E-state index contributed by atoms with van der Waals surface area (Å²) in [5.74, 6) is -0.281. The molecule has 0 aliphatic heterocycles. The van der Waals surface area contributed by atoms with Crippen molar-refractivity contribution in [3.63, 3.8) is 0 Å². The zero-order valence-electron chi connectivity index (χ0n) is 9.61. The van der Waals surface area contributed by atoms with Gasteiger partial charge in [-0.25, -0.2) is 4.39 Å². The average Bonchev–Trinajstić information content (AvgIpc) is 2.69. The van der Waals surface area contributed by atoms with Gasteiger partial charge in [-0.1, -0.05) is 6.92 Å². The molecular weight excluding hydrogens is 239 g/mol. The number of nitrogen functional groups attached to an aromatic ring is 1. The molecule has 0 fully saturated rings. The zero-order valence-corrected chi connectivity index (χ0v) is 9.61. The SMILES string of the molecule is CCc1c(N)n[nH]c1-c1cc(F)ccc1[N+](=O)[O-]. The van der Waals surface area contributed by atoms with Crippen LogP contribution in [0.5, 0.6) is 0 Å². The number of nitrogens with zero attached hydrogens (tertiary/aromatic N) is 2. The molecule has 0 unspecified atom stereocenters. The predicted octanol–water partition coefficient (Wildman–Crippen LogP) is 2.27. The molecule has 0 amide bonds. The highest BCUT2D eigenvalue weighted by molar-refractivity contribution is 5.75. The van der Waals surface area contributed by atoms with Gasteiger partial charge in [0.05, 0.1) is 16.2 Å². The average molecular weight is 250 g/mol. The Balaban J connectivity index is 2.69. The number of H-pyrrole nitrogens is 1. The van der Waals surface area contributed by atoms with Crippen molar-refractivity contribution in [1.29, 1.82) is 0 Å². The van der Waals surface area contributed by atoms with Gasteiger partial charge in [0.2, 0.25) is 0 Å². The largest absolute Gasteiger partial charge is 0.382 e.